The summed E-state index contributed by atoms with van der Waals surface area (Å²) in [4.78, 5) is 11.6. The van der Waals surface area contributed by atoms with Crippen molar-refractivity contribution in [2.24, 2.45) is 0 Å². The zero-order valence-electron chi connectivity index (χ0n) is 9.55. The first kappa shape index (κ1) is 12.9. The van der Waals surface area contributed by atoms with Crippen LogP contribution in [0, 0.1) is 6.92 Å². The number of aryl methyl sites for hydroxylation is 1. The molecule has 0 spiro atoms. The van der Waals surface area contributed by atoms with Gasteiger partial charge in [-0.1, -0.05) is 45.5 Å². The number of carbonyl (C=O) groups excluding carboxylic acids is 1. The van der Waals surface area contributed by atoms with Gasteiger partial charge in [-0.3, -0.25) is 10.1 Å². The molecule has 0 aliphatic carbocycles. The highest BCUT2D eigenvalue weighted by Crippen LogP contribution is 2.17. The van der Waals surface area contributed by atoms with Crippen molar-refractivity contribution in [3.8, 4) is 0 Å². The van der Waals surface area contributed by atoms with Gasteiger partial charge in [-0.05, 0) is 24.6 Å². The molecule has 0 radical (unpaired) electrons. The van der Waals surface area contributed by atoms with E-state index in [0.717, 1.165) is 15.0 Å². The molecule has 0 bridgehead atoms. The van der Waals surface area contributed by atoms with Crippen LogP contribution in [-0.2, 0) is 4.79 Å². The Morgan fingerprint density at radius 1 is 1.39 bits per heavy atom. The number of nitrogens with zero attached hydrogens (tertiary/aromatic N) is 2. The molecule has 4 nitrogen and oxygen atoms in total. The predicted octanol–water partition coefficient (Wildman–Crippen LogP) is 3.26. The fourth-order valence-corrected chi connectivity index (χ4v) is 2.28. The Balaban J connectivity index is 2.01. The second kappa shape index (κ2) is 5.88. The van der Waals surface area contributed by atoms with E-state index in [2.05, 4.69) is 31.4 Å². The van der Waals surface area contributed by atoms with Crippen molar-refractivity contribution in [1.82, 2.24) is 10.2 Å². The standard InChI is InChI=1S/C12H10BrN3OS/c1-8-15-16-12(18-8)14-11(17)7-6-9-4-2-3-5-10(9)13/h2-7H,1H3,(H,14,16,17). The molecule has 0 fully saturated rings. The quantitative estimate of drug-likeness (QED) is 0.882. The molecule has 0 aliphatic rings. The Labute approximate surface area is 117 Å². The summed E-state index contributed by atoms with van der Waals surface area (Å²) in [6, 6.07) is 7.68. The molecule has 0 saturated heterocycles. The highest BCUT2D eigenvalue weighted by molar-refractivity contribution is 9.10. The lowest BCUT2D eigenvalue weighted by Gasteiger charge is -1.97. The summed E-state index contributed by atoms with van der Waals surface area (Å²) in [7, 11) is 0. The van der Waals surface area contributed by atoms with E-state index in [9.17, 15) is 4.79 Å². The summed E-state index contributed by atoms with van der Waals surface area (Å²) in [6.45, 7) is 1.84. The fourth-order valence-electron chi connectivity index (χ4n) is 1.27. The van der Waals surface area contributed by atoms with E-state index >= 15 is 0 Å². The number of hydrogen-bond acceptors (Lipinski definition) is 4. The molecule has 1 amide bonds. The first-order valence-corrected chi connectivity index (χ1v) is 6.80. The Morgan fingerprint density at radius 3 is 2.83 bits per heavy atom. The van der Waals surface area contributed by atoms with Crippen LogP contribution in [0.2, 0.25) is 0 Å². The van der Waals surface area contributed by atoms with Crippen molar-refractivity contribution in [2.75, 3.05) is 5.32 Å². The Hall–Kier alpha value is -1.53. The largest absolute Gasteiger partial charge is 0.297 e. The van der Waals surface area contributed by atoms with Gasteiger partial charge in [0.1, 0.15) is 5.01 Å². The van der Waals surface area contributed by atoms with Crippen LogP contribution in [0.5, 0.6) is 0 Å². The molecule has 1 aromatic heterocycles. The molecule has 2 aromatic rings. The van der Waals surface area contributed by atoms with Crippen LogP contribution in [0.1, 0.15) is 10.6 Å². The molecule has 0 unspecified atom stereocenters. The third kappa shape index (κ3) is 3.48. The van der Waals surface area contributed by atoms with Crippen LogP contribution in [0.25, 0.3) is 6.08 Å². The molecule has 0 aliphatic heterocycles. The average molecular weight is 324 g/mol. The van der Waals surface area contributed by atoms with E-state index in [-0.39, 0.29) is 5.91 Å². The Bertz CT molecular complexity index is 595. The number of anilines is 1. The van der Waals surface area contributed by atoms with Gasteiger partial charge in [-0.15, -0.1) is 10.2 Å². The van der Waals surface area contributed by atoms with Gasteiger partial charge in [0.05, 0.1) is 0 Å². The summed E-state index contributed by atoms with van der Waals surface area (Å²) in [5, 5.41) is 11.6. The number of amides is 1. The second-order valence-electron chi connectivity index (χ2n) is 3.47. The highest BCUT2D eigenvalue weighted by Gasteiger charge is 2.03. The van der Waals surface area contributed by atoms with Gasteiger partial charge in [-0.25, -0.2) is 0 Å². The number of hydrogen-bond donors (Lipinski definition) is 1. The molecule has 18 heavy (non-hydrogen) atoms. The minimum absolute atomic E-state index is 0.220. The van der Waals surface area contributed by atoms with E-state index in [1.165, 1.54) is 17.4 Å². The maximum atomic E-state index is 11.6. The summed E-state index contributed by atoms with van der Waals surface area (Å²) in [5.74, 6) is -0.220. The lowest BCUT2D eigenvalue weighted by Crippen LogP contribution is -2.07. The van der Waals surface area contributed by atoms with E-state index in [0.29, 0.717) is 5.13 Å². The van der Waals surface area contributed by atoms with Crippen LogP contribution < -0.4 is 5.32 Å². The summed E-state index contributed by atoms with van der Waals surface area (Å²) in [6.07, 6.45) is 3.21. The van der Waals surface area contributed by atoms with E-state index < -0.39 is 0 Å². The van der Waals surface area contributed by atoms with Crippen LogP contribution in [0.15, 0.2) is 34.8 Å². The summed E-state index contributed by atoms with van der Waals surface area (Å²) >= 11 is 4.76. The van der Waals surface area contributed by atoms with Crippen LogP contribution in [-0.4, -0.2) is 16.1 Å². The predicted molar refractivity (Wildman–Crippen MR) is 76.5 cm³/mol. The topological polar surface area (TPSA) is 54.9 Å². The molecular weight excluding hydrogens is 314 g/mol. The van der Waals surface area contributed by atoms with Crippen molar-refractivity contribution in [3.63, 3.8) is 0 Å². The minimum atomic E-state index is -0.220. The molecule has 0 atom stereocenters. The first-order valence-electron chi connectivity index (χ1n) is 5.19. The maximum Gasteiger partial charge on any atom is 0.250 e. The average Bonchev–Trinajstić information content (AvgIpc) is 2.74. The molecule has 1 N–H and O–H groups in total. The molecule has 1 heterocycles. The Kier molecular flexibility index (Phi) is 4.22. The number of nitrogens with one attached hydrogen (secondary N) is 1. The van der Waals surface area contributed by atoms with E-state index in [1.54, 1.807) is 6.08 Å². The number of benzene rings is 1. The summed E-state index contributed by atoms with van der Waals surface area (Å²) in [5.41, 5.74) is 0.945. The molecule has 92 valence electrons. The molecule has 1 aromatic carbocycles. The second-order valence-corrected chi connectivity index (χ2v) is 5.51. The summed E-state index contributed by atoms with van der Waals surface area (Å²) < 4.78 is 0.945. The number of rotatable bonds is 3. The van der Waals surface area contributed by atoms with Crippen LogP contribution in [0.3, 0.4) is 0 Å². The van der Waals surface area contributed by atoms with Gasteiger partial charge in [-0.2, -0.15) is 0 Å². The van der Waals surface area contributed by atoms with Crippen molar-refractivity contribution >= 4 is 44.4 Å². The Morgan fingerprint density at radius 2 is 2.17 bits per heavy atom. The fraction of sp³-hybridized carbons (Fsp3) is 0.0833. The maximum absolute atomic E-state index is 11.6. The van der Waals surface area contributed by atoms with Gasteiger partial charge in [0.2, 0.25) is 11.0 Å². The zero-order chi connectivity index (χ0) is 13.0. The lowest BCUT2D eigenvalue weighted by molar-refractivity contribution is -0.111. The number of halogens is 1. The molecular formula is C12H10BrN3OS. The molecule has 2 rings (SSSR count). The highest BCUT2D eigenvalue weighted by atomic mass is 79.9. The van der Waals surface area contributed by atoms with Crippen molar-refractivity contribution in [1.29, 1.82) is 0 Å². The van der Waals surface area contributed by atoms with E-state index in [4.69, 9.17) is 0 Å². The van der Waals surface area contributed by atoms with Gasteiger partial charge >= 0.3 is 0 Å². The van der Waals surface area contributed by atoms with Gasteiger partial charge in [0, 0.05) is 10.5 Å². The lowest BCUT2D eigenvalue weighted by atomic mass is 10.2. The monoisotopic (exact) mass is 323 g/mol. The van der Waals surface area contributed by atoms with Gasteiger partial charge < -0.3 is 0 Å². The van der Waals surface area contributed by atoms with Gasteiger partial charge in [0.15, 0.2) is 0 Å². The number of aromatic nitrogens is 2. The van der Waals surface area contributed by atoms with Crippen LogP contribution >= 0.6 is 27.3 Å². The van der Waals surface area contributed by atoms with Gasteiger partial charge in [0.25, 0.3) is 0 Å². The first-order chi connectivity index (χ1) is 8.65. The number of carbonyl (C=O) groups is 1. The van der Waals surface area contributed by atoms with Crippen molar-refractivity contribution in [2.45, 2.75) is 6.92 Å². The third-order valence-corrected chi connectivity index (χ3v) is 3.55. The van der Waals surface area contributed by atoms with Crippen molar-refractivity contribution in [3.05, 3.63) is 45.4 Å². The molecule has 6 heteroatoms. The smallest absolute Gasteiger partial charge is 0.250 e. The van der Waals surface area contributed by atoms with Crippen LogP contribution in [0.4, 0.5) is 5.13 Å². The third-order valence-electron chi connectivity index (χ3n) is 2.08. The normalized spacial score (nSPS) is 10.8. The minimum Gasteiger partial charge on any atom is -0.297 e. The molecule has 0 saturated carbocycles. The zero-order valence-corrected chi connectivity index (χ0v) is 12.0. The SMILES string of the molecule is Cc1nnc(NC(=O)C=Cc2ccccc2Br)s1. The van der Waals surface area contributed by atoms with E-state index in [1.807, 2.05) is 31.2 Å². The van der Waals surface area contributed by atoms with Crippen molar-refractivity contribution < 1.29 is 4.79 Å².